The van der Waals surface area contributed by atoms with Crippen LogP contribution >= 0.6 is 0 Å². The van der Waals surface area contributed by atoms with Crippen LogP contribution in [0.4, 0.5) is 0 Å². The van der Waals surface area contributed by atoms with E-state index in [1.165, 1.54) is 16.7 Å². The summed E-state index contributed by atoms with van der Waals surface area (Å²) in [6.07, 6.45) is 5.68. The average Bonchev–Trinajstić information content (AvgIpc) is 2.54. The van der Waals surface area contributed by atoms with E-state index in [2.05, 4.69) is 25.1 Å². The molecule has 1 aliphatic carbocycles. The number of benzene rings is 1. The zero-order valence-corrected chi connectivity index (χ0v) is 13.1. The van der Waals surface area contributed by atoms with Crippen molar-refractivity contribution < 1.29 is 14.3 Å². The van der Waals surface area contributed by atoms with Gasteiger partial charge in [0.15, 0.2) is 0 Å². The molecule has 0 bridgehead atoms. The van der Waals surface area contributed by atoms with E-state index in [1.54, 1.807) is 7.11 Å². The summed E-state index contributed by atoms with van der Waals surface area (Å²) in [4.78, 5) is 11.8. The molecule has 0 saturated heterocycles. The van der Waals surface area contributed by atoms with E-state index in [-0.39, 0.29) is 11.9 Å². The van der Waals surface area contributed by atoms with Crippen molar-refractivity contribution in [1.82, 2.24) is 0 Å². The quantitative estimate of drug-likeness (QED) is 0.768. The van der Waals surface area contributed by atoms with Crippen molar-refractivity contribution in [3.05, 3.63) is 35.4 Å². The van der Waals surface area contributed by atoms with Gasteiger partial charge in [-0.1, -0.05) is 19.1 Å². The highest BCUT2D eigenvalue weighted by molar-refractivity contribution is 5.77. The average molecular weight is 288 g/mol. The third kappa shape index (κ3) is 3.66. The van der Waals surface area contributed by atoms with Gasteiger partial charge in [-0.2, -0.15) is 0 Å². The maximum Gasteiger partial charge on any atom is 0.309 e. The summed E-state index contributed by atoms with van der Waals surface area (Å²) in [6.45, 7) is 4.46. The molecular formula is C18H24O3. The van der Waals surface area contributed by atoms with Crippen LogP contribution in [0.15, 0.2) is 24.3 Å². The lowest BCUT2D eigenvalue weighted by molar-refractivity contribution is -0.148. The molecule has 1 unspecified atom stereocenters. The van der Waals surface area contributed by atoms with Crippen molar-refractivity contribution in [2.75, 3.05) is 13.7 Å². The molecular weight excluding hydrogens is 264 g/mol. The van der Waals surface area contributed by atoms with Gasteiger partial charge in [0.25, 0.3) is 0 Å². The van der Waals surface area contributed by atoms with Gasteiger partial charge >= 0.3 is 5.97 Å². The van der Waals surface area contributed by atoms with E-state index in [1.807, 2.05) is 13.0 Å². The van der Waals surface area contributed by atoms with Crippen LogP contribution in [0.1, 0.15) is 44.2 Å². The Morgan fingerprint density at radius 3 is 2.71 bits per heavy atom. The SMILES string of the molecule is CCOC(=O)C1CC=C(c2cc(CC)ccc2OC)CC1. The first-order valence-corrected chi connectivity index (χ1v) is 7.72. The third-order valence-electron chi connectivity index (χ3n) is 4.05. The van der Waals surface area contributed by atoms with Gasteiger partial charge in [0.1, 0.15) is 5.75 Å². The number of aryl methyl sites for hydroxylation is 1. The molecule has 0 radical (unpaired) electrons. The molecule has 114 valence electrons. The van der Waals surface area contributed by atoms with Crippen LogP contribution in [-0.2, 0) is 16.0 Å². The second-order valence-electron chi connectivity index (χ2n) is 5.34. The van der Waals surface area contributed by atoms with E-state index in [0.717, 1.165) is 31.4 Å². The van der Waals surface area contributed by atoms with E-state index in [9.17, 15) is 4.79 Å². The highest BCUT2D eigenvalue weighted by Gasteiger charge is 2.24. The Morgan fingerprint density at radius 1 is 1.33 bits per heavy atom. The van der Waals surface area contributed by atoms with Gasteiger partial charge in [-0.05, 0) is 55.9 Å². The lowest BCUT2D eigenvalue weighted by Gasteiger charge is -2.22. The van der Waals surface area contributed by atoms with Crippen LogP contribution in [0.25, 0.3) is 5.57 Å². The van der Waals surface area contributed by atoms with E-state index >= 15 is 0 Å². The predicted octanol–water partition coefficient (Wildman–Crippen LogP) is 4.00. The van der Waals surface area contributed by atoms with Crippen molar-refractivity contribution in [3.8, 4) is 5.75 Å². The lowest BCUT2D eigenvalue weighted by atomic mass is 9.86. The summed E-state index contributed by atoms with van der Waals surface area (Å²) in [5.41, 5.74) is 3.75. The van der Waals surface area contributed by atoms with Crippen molar-refractivity contribution in [2.24, 2.45) is 5.92 Å². The van der Waals surface area contributed by atoms with Gasteiger partial charge in [0.05, 0.1) is 19.6 Å². The molecule has 0 aliphatic heterocycles. The molecule has 21 heavy (non-hydrogen) atoms. The maximum atomic E-state index is 11.8. The molecule has 0 fully saturated rings. The molecule has 3 heteroatoms. The Kier molecular flexibility index (Phi) is 5.43. The predicted molar refractivity (Wildman–Crippen MR) is 84.3 cm³/mol. The molecule has 0 amide bonds. The normalized spacial score (nSPS) is 18.0. The van der Waals surface area contributed by atoms with Crippen LogP contribution in [0, 0.1) is 5.92 Å². The molecule has 1 aromatic carbocycles. The fourth-order valence-electron chi connectivity index (χ4n) is 2.78. The Labute approximate surface area is 127 Å². The van der Waals surface area contributed by atoms with E-state index < -0.39 is 0 Å². The summed E-state index contributed by atoms with van der Waals surface area (Å²) < 4.78 is 10.6. The first-order valence-electron chi connectivity index (χ1n) is 7.72. The number of methoxy groups -OCH3 is 1. The minimum absolute atomic E-state index is 0.00838. The number of esters is 1. The van der Waals surface area contributed by atoms with Gasteiger partial charge in [-0.25, -0.2) is 0 Å². The summed E-state index contributed by atoms with van der Waals surface area (Å²) in [6, 6.07) is 6.34. The van der Waals surface area contributed by atoms with Crippen molar-refractivity contribution in [1.29, 1.82) is 0 Å². The smallest absolute Gasteiger partial charge is 0.309 e. The topological polar surface area (TPSA) is 35.5 Å². The number of carbonyl (C=O) groups excluding carboxylic acids is 1. The minimum atomic E-state index is -0.0675. The lowest BCUT2D eigenvalue weighted by Crippen LogP contribution is -2.19. The maximum absolute atomic E-state index is 11.8. The molecule has 0 heterocycles. The molecule has 1 atom stereocenters. The highest BCUT2D eigenvalue weighted by atomic mass is 16.5. The molecule has 1 aromatic rings. The van der Waals surface area contributed by atoms with Gasteiger partial charge < -0.3 is 9.47 Å². The largest absolute Gasteiger partial charge is 0.496 e. The Bertz CT molecular complexity index is 531. The van der Waals surface area contributed by atoms with Crippen LogP contribution in [0.3, 0.4) is 0 Å². The Morgan fingerprint density at radius 2 is 2.14 bits per heavy atom. The number of allylic oxidation sites excluding steroid dienone is 2. The van der Waals surface area contributed by atoms with Crippen LogP contribution in [0.2, 0.25) is 0 Å². The second kappa shape index (κ2) is 7.30. The number of ether oxygens (including phenoxy) is 2. The molecule has 0 N–H and O–H groups in total. The van der Waals surface area contributed by atoms with E-state index in [0.29, 0.717) is 6.61 Å². The minimum Gasteiger partial charge on any atom is -0.496 e. The summed E-state index contributed by atoms with van der Waals surface area (Å²) >= 11 is 0. The fraction of sp³-hybridized carbons (Fsp3) is 0.500. The number of rotatable bonds is 5. The fourth-order valence-corrected chi connectivity index (χ4v) is 2.78. The molecule has 0 saturated carbocycles. The van der Waals surface area contributed by atoms with Gasteiger partial charge in [0, 0.05) is 5.56 Å². The van der Waals surface area contributed by atoms with Crippen molar-refractivity contribution in [3.63, 3.8) is 0 Å². The van der Waals surface area contributed by atoms with Crippen molar-refractivity contribution in [2.45, 2.75) is 39.5 Å². The summed E-state index contributed by atoms with van der Waals surface area (Å²) in [7, 11) is 1.70. The third-order valence-corrected chi connectivity index (χ3v) is 4.05. The van der Waals surface area contributed by atoms with Crippen LogP contribution in [-0.4, -0.2) is 19.7 Å². The first kappa shape index (κ1) is 15.6. The highest BCUT2D eigenvalue weighted by Crippen LogP contribution is 2.35. The van der Waals surface area contributed by atoms with Crippen molar-refractivity contribution >= 4 is 11.5 Å². The van der Waals surface area contributed by atoms with Crippen LogP contribution < -0.4 is 4.74 Å². The first-order chi connectivity index (χ1) is 10.2. The van der Waals surface area contributed by atoms with Gasteiger partial charge in [0.2, 0.25) is 0 Å². The van der Waals surface area contributed by atoms with Gasteiger partial charge in [-0.3, -0.25) is 4.79 Å². The number of carbonyl (C=O) groups is 1. The standard InChI is InChI=1S/C18H24O3/c1-4-13-6-11-17(20-3)16(12-13)14-7-9-15(10-8-14)18(19)21-5-2/h6-7,11-12,15H,4-5,8-10H2,1-3H3. The number of hydrogen-bond acceptors (Lipinski definition) is 3. The second-order valence-corrected chi connectivity index (χ2v) is 5.34. The molecule has 0 aromatic heterocycles. The zero-order valence-electron chi connectivity index (χ0n) is 13.1. The molecule has 0 spiro atoms. The molecule has 3 nitrogen and oxygen atoms in total. The molecule has 1 aliphatic rings. The van der Waals surface area contributed by atoms with Crippen LogP contribution in [0.5, 0.6) is 5.75 Å². The summed E-state index contributed by atoms with van der Waals surface area (Å²) in [5.74, 6) is 0.851. The van der Waals surface area contributed by atoms with Gasteiger partial charge in [-0.15, -0.1) is 0 Å². The monoisotopic (exact) mass is 288 g/mol. The molecule has 2 rings (SSSR count). The van der Waals surface area contributed by atoms with E-state index in [4.69, 9.17) is 9.47 Å². The Hall–Kier alpha value is -1.77. The Balaban J connectivity index is 2.18. The number of hydrogen-bond donors (Lipinski definition) is 0. The summed E-state index contributed by atoms with van der Waals surface area (Å²) in [5, 5.41) is 0. The zero-order chi connectivity index (χ0) is 15.2.